The van der Waals surface area contributed by atoms with Crippen molar-refractivity contribution in [3.63, 3.8) is 0 Å². The summed E-state index contributed by atoms with van der Waals surface area (Å²) >= 11 is 0. The van der Waals surface area contributed by atoms with Crippen LogP contribution in [0.1, 0.15) is 44.2 Å². The third-order valence-corrected chi connectivity index (χ3v) is 4.17. The molecule has 2 rings (SSSR count). The maximum absolute atomic E-state index is 12.3. The van der Waals surface area contributed by atoms with E-state index >= 15 is 0 Å². The average Bonchev–Trinajstić information content (AvgIpc) is 2.98. The summed E-state index contributed by atoms with van der Waals surface area (Å²) in [5.41, 5.74) is 1.03. The number of hydrogen-bond acceptors (Lipinski definition) is 2. The number of carbonyl (C=O) groups excluding carboxylic acids is 1. The van der Waals surface area contributed by atoms with Crippen LogP contribution >= 0.6 is 0 Å². The Kier molecular flexibility index (Phi) is 4.88. The van der Waals surface area contributed by atoms with Crippen molar-refractivity contribution in [3.8, 4) is 5.75 Å². The molecule has 0 heterocycles. The molecule has 0 saturated heterocycles. The molecule has 1 saturated carbocycles. The molecule has 1 aromatic rings. The Morgan fingerprint density at radius 2 is 2.00 bits per heavy atom. The van der Waals surface area contributed by atoms with Gasteiger partial charge in [0.15, 0.2) is 0 Å². The fraction of sp³-hybridized carbons (Fsp3) is 0.562. The van der Waals surface area contributed by atoms with Crippen molar-refractivity contribution < 1.29 is 9.53 Å². The van der Waals surface area contributed by atoms with Crippen molar-refractivity contribution in [1.29, 1.82) is 0 Å². The number of benzene rings is 1. The van der Waals surface area contributed by atoms with Gasteiger partial charge in [-0.05, 0) is 25.8 Å². The molecular weight excluding hydrogens is 252 g/mol. The molecule has 1 aliphatic carbocycles. The van der Waals surface area contributed by atoms with E-state index in [1.807, 2.05) is 38.2 Å². The molecule has 1 N–H and O–H groups in total. The van der Waals surface area contributed by atoms with E-state index in [2.05, 4.69) is 5.32 Å². The van der Waals surface area contributed by atoms with Crippen molar-refractivity contribution in [2.75, 3.05) is 14.2 Å². The van der Waals surface area contributed by atoms with Crippen LogP contribution in [0.4, 0.5) is 4.79 Å². The third kappa shape index (κ3) is 3.24. The van der Waals surface area contributed by atoms with Gasteiger partial charge in [0.05, 0.1) is 13.2 Å². The Bertz CT molecular complexity index is 456. The van der Waals surface area contributed by atoms with Crippen LogP contribution in [0, 0.1) is 0 Å². The van der Waals surface area contributed by atoms with Crippen LogP contribution in [-0.2, 0) is 0 Å². The molecule has 0 radical (unpaired) electrons. The summed E-state index contributed by atoms with van der Waals surface area (Å²) in [5.74, 6) is 0.820. The Balaban J connectivity index is 2.03. The number of para-hydroxylation sites is 1. The number of methoxy groups -OCH3 is 1. The van der Waals surface area contributed by atoms with E-state index in [1.165, 1.54) is 12.8 Å². The molecule has 0 aromatic heterocycles. The molecule has 1 aromatic carbocycles. The lowest BCUT2D eigenvalue weighted by Gasteiger charge is -2.28. The Hall–Kier alpha value is -1.71. The lowest BCUT2D eigenvalue weighted by atomic mass is 10.1. The molecule has 20 heavy (non-hydrogen) atoms. The molecule has 1 fully saturated rings. The van der Waals surface area contributed by atoms with Crippen LogP contribution in [0.15, 0.2) is 24.3 Å². The highest BCUT2D eigenvalue weighted by Crippen LogP contribution is 2.28. The number of carbonyl (C=O) groups is 1. The minimum Gasteiger partial charge on any atom is -0.496 e. The predicted molar refractivity (Wildman–Crippen MR) is 80.0 cm³/mol. The Morgan fingerprint density at radius 1 is 1.35 bits per heavy atom. The highest BCUT2D eigenvalue weighted by Gasteiger charge is 2.23. The van der Waals surface area contributed by atoms with Crippen molar-refractivity contribution in [2.24, 2.45) is 0 Å². The zero-order valence-corrected chi connectivity index (χ0v) is 12.6. The molecule has 110 valence electrons. The second-order valence-corrected chi connectivity index (χ2v) is 5.46. The number of urea groups is 1. The second kappa shape index (κ2) is 6.64. The first kappa shape index (κ1) is 14.7. The van der Waals surface area contributed by atoms with E-state index < -0.39 is 0 Å². The topological polar surface area (TPSA) is 41.6 Å². The van der Waals surface area contributed by atoms with E-state index in [9.17, 15) is 4.79 Å². The number of ether oxygens (including phenoxy) is 1. The first-order valence-electron chi connectivity index (χ1n) is 7.29. The Labute approximate surface area is 121 Å². The maximum atomic E-state index is 12.3. The first-order chi connectivity index (χ1) is 9.63. The van der Waals surface area contributed by atoms with E-state index in [4.69, 9.17) is 4.74 Å². The van der Waals surface area contributed by atoms with Crippen LogP contribution in [0.3, 0.4) is 0 Å². The molecule has 0 aliphatic heterocycles. The lowest BCUT2D eigenvalue weighted by molar-refractivity contribution is 0.189. The second-order valence-electron chi connectivity index (χ2n) is 5.46. The minimum atomic E-state index is -0.0208. The number of amides is 2. The SMILES string of the molecule is COc1ccccc1C(C)N(C)C(=O)NC1CCCC1. The van der Waals surface area contributed by atoms with Crippen LogP contribution < -0.4 is 10.1 Å². The first-order valence-corrected chi connectivity index (χ1v) is 7.29. The van der Waals surface area contributed by atoms with Crippen LogP contribution in [0.5, 0.6) is 5.75 Å². The minimum absolute atomic E-state index is 0.00435. The molecule has 4 nitrogen and oxygen atoms in total. The lowest BCUT2D eigenvalue weighted by Crippen LogP contribution is -2.43. The summed E-state index contributed by atoms with van der Waals surface area (Å²) in [6.07, 6.45) is 4.64. The predicted octanol–water partition coefficient (Wildman–Crippen LogP) is 3.34. The van der Waals surface area contributed by atoms with Gasteiger partial charge in [0, 0.05) is 18.7 Å². The smallest absolute Gasteiger partial charge is 0.317 e. The molecule has 1 atom stereocenters. The number of hydrogen-bond donors (Lipinski definition) is 1. The van der Waals surface area contributed by atoms with Crippen LogP contribution in [-0.4, -0.2) is 31.1 Å². The normalized spacial score (nSPS) is 16.8. The molecular formula is C16H24N2O2. The quantitative estimate of drug-likeness (QED) is 0.916. The molecule has 0 bridgehead atoms. The van der Waals surface area contributed by atoms with Crippen molar-refractivity contribution in [2.45, 2.75) is 44.7 Å². The van der Waals surface area contributed by atoms with Crippen LogP contribution in [0.2, 0.25) is 0 Å². The fourth-order valence-corrected chi connectivity index (χ4v) is 2.74. The number of nitrogens with zero attached hydrogens (tertiary/aromatic N) is 1. The van der Waals surface area contributed by atoms with Gasteiger partial charge in [0.2, 0.25) is 0 Å². The summed E-state index contributed by atoms with van der Waals surface area (Å²) in [6.45, 7) is 2.02. The highest BCUT2D eigenvalue weighted by molar-refractivity contribution is 5.75. The summed E-state index contributed by atoms with van der Waals surface area (Å²) in [7, 11) is 3.49. The van der Waals surface area contributed by atoms with Gasteiger partial charge in [0.25, 0.3) is 0 Å². The van der Waals surface area contributed by atoms with Gasteiger partial charge in [-0.1, -0.05) is 31.0 Å². The summed E-state index contributed by atoms with van der Waals surface area (Å²) in [6, 6.07) is 8.15. The zero-order chi connectivity index (χ0) is 14.5. The van der Waals surface area contributed by atoms with Gasteiger partial charge < -0.3 is 15.0 Å². The number of rotatable bonds is 4. The summed E-state index contributed by atoms with van der Waals surface area (Å²) in [4.78, 5) is 14.0. The van der Waals surface area contributed by atoms with Gasteiger partial charge in [0.1, 0.15) is 5.75 Å². The molecule has 2 amide bonds. The van der Waals surface area contributed by atoms with E-state index in [0.29, 0.717) is 6.04 Å². The van der Waals surface area contributed by atoms with Crippen LogP contribution in [0.25, 0.3) is 0 Å². The van der Waals surface area contributed by atoms with Gasteiger partial charge in [-0.15, -0.1) is 0 Å². The molecule has 4 heteroatoms. The standard InChI is InChI=1S/C16H24N2O2/c1-12(14-10-6-7-11-15(14)20-3)18(2)16(19)17-13-8-4-5-9-13/h6-7,10-13H,4-5,8-9H2,1-3H3,(H,17,19). The van der Waals surface area contributed by atoms with E-state index in [1.54, 1.807) is 12.0 Å². The highest BCUT2D eigenvalue weighted by atomic mass is 16.5. The number of nitrogens with one attached hydrogen (secondary N) is 1. The summed E-state index contributed by atoms with van der Waals surface area (Å²) < 4.78 is 5.37. The van der Waals surface area contributed by atoms with E-state index in [-0.39, 0.29) is 12.1 Å². The van der Waals surface area contributed by atoms with Gasteiger partial charge in [-0.3, -0.25) is 0 Å². The zero-order valence-electron chi connectivity index (χ0n) is 12.6. The average molecular weight is 276 g/mol. The molecule has 1 aliphatic rings. The largest absolute Gasteiger partial charge is 0.496 e. The van der Waals surface area contributed by atoms with Crippen molar-refractivity contribution >= 4 is 6.03 Å². The summed E-state index contributed by atoms with van der Waals surface area (Å²) in [5, 5.41) is 3.11. The molecule has 0 spiro atoms. The molecule has 1 unspecified atom stereocenters. The maximum Gasteiger partial charge on any atom is 0.317 e. The van der Waals surface area contributed by atoms with Crippen molar-refractivity contribution in [1.82, 2.24) is 10.2 Å². The van der Waals surface area contributed by atoms with Gasteiger partial charge >= 0.3 is 6.03 Å². The monoisotopic (exact) mass is 276 g/mol. The van der Waals surface area contributed by atoms with E-state index in [0.717, 1.165) is 24.2 Å². The van der Waals surface area contributed by atoms with Gasteiger partial charge in [-0.25, -0.2) is 4.79 Å². The third-order valence-electron chi connectivity index (χ3n) is 4.17. The van der Waals surface area contributed by atoms with Crippen molar-refractivity contribution in [3.05, 3.63) is 29.8 Å². The Morgan fingerprint density at radius 3 is 2.65 bits per heavy atom. The van der Waals surface area contributed by atoms with Gasteiger partial charge in [-0.2, -0.15) is 0 Å². The fourth-order valence-electron chi connectivity index (χ4n) is 2.74.